The number of ether oxygens (including phenoxy) is 1. The number of benzene rings is 1. The highest BCUT2D eigenvalue weighted by Gasteiger charge is 2.41. The number of aliphatic imine (C=N–C) groups is 1. The Bertz CT molecular complexity index is 589. The Morgan fingerprint density at radius 3 is 2.43 bits per heavy atom. The highest BCUT2D eigenvalue weighted by Crippen LogP contribution is 2.47. The lowest BCUT2D eigenvalue weighted by Gasteiger charge is -2.25. The number of alkyl halides is 3. The van der Waals surface area contributed by atoms with Gasteiger partial charge in [-0.25, -0.2) is 4.79 Å². The molecular formula is C14H13ClF3NO2. The maximum Gasteiger partial charge on any atom is 0.420 e. The van der Waals surface area contributed by atoms with E-state index >= 15 is 0 Å². The molecule has 0 saturated heterocycles. The normalized spacial score (nSPS) is 17.4. The summed E-state index contributed by atoms with van der Waals surface area (Å²) < 4.78 is 44.2. The first-order chi connectivity index (χ1) is 9.84. The van der Waals surface area contributed by atoms with Crippen molar-refractivity contribution in [1.29, 1.82) is 0 Å². The molecule has 1 aliphatic rings. The van der Waals surface area contributed by atoms with Gasteiger partial charge in [-0.3, -0.25) is 0 Å². The standard InChI is InChI=1S/C14H13ClF3NO2/c1-21-12-10(14(16,17)18)6-9(7-11(12)15)13(19-8-20)4-2-3-5-13/h6-7H,2-5H2,1H3. The number of rotatable bonds is 3. The van der Waals surface area contributed by atoms with Crippen LogP contribution in [-0.4, -0.2) is 13.2 Å². The van der Waals surface area contributed by atoms with Gasteiger partial charge in [0.05, 0.1) is 23.2 Å². The minimum atomic E-state index is -4.60. The molecule has 1 aliphatic carbocycles. The Hall–Kier alpha value is -1.52. The van der Waals surface area contributed by atoms with Gasteiger partial charge in [0.1, 0.15) is 5.75 Å². The van der Waals surface area contributed by atoms with E-state index < -0.39 is 23.0 Å². The zero-order valence-electron chi connectivity index (χ0n) is 11.3. The molecule has 1 fully saturated rings. The van der Waals surface area contributed by atoms with Crippen LogP contribution in [0.2, 0.25) is 5.02 Å². The maximum absolute atomic E-state index is 13.1. The summed E-state index contributed by atoms with van der Waals surface area (Å²) in [5, 5.41) is -0.144. The average Bonchev–Trinajstić information content (AvgIpc) is 2.87. The molecule has 0 radical (unpaired) electrons. The molecule has 0 bridgehead atoms. The predicted octanol–water partition coefficient (Wildman–Crippen LogP) is 4.47. The van der Waals surface area contributed by atoms with Crippen molar-refractivity contribution in [1.82, 2.24) is 0 Å². The molecule has 0 heterocycles. The van der Waals surface area contributed by atoms with Crippen molar-refractivity contribution in [2.24, 2.45) is 4.99 Å². The smallest absolute Gasteiger partial charge is 0.420 e. The van der Waals surface area contributed by atoms with Gasteiger partial charge in [-0.05, 0) is 30.5 Å². The monoisotopic (exact) mass is 319 g/mol. The summed E-state index contributed by atoms with van der Waals surface area (Å²) in [6.45, 7) is 0. The number of hydrogen-bond acceptors (Lipinski definition) is 3. The van der Waals surface area contributed by atoms with E-state index in [1.807, 2.05) is 0 Å². The molecule has 7 heteroatoms. The number of hydrogen-bond donors (Lipinski definition) is 0. The summed E-state index contributed by atoms with van der Waals surface area (Å²) in [7, 11) is 1.13. The van der Waals surface area contributed by atoms with Gasteiger partial charge in [-0.15, -0.1) is 0 Å². The third-order valence-electron chi connectivity index (χ3n) is 3.78. The van der Waals surface area contributed by atoms with Gasteiger partial charge in [0.25, 0.3) is 0 Å². The van der Waals surface area contributed by atoms with Crippen LogP contribution in [0.4, 0.5) is 13.2 Å². The number of carbonyl (C=O) groups excluding carboxylic acids is 1. The first kappa shape index (κ1) is 15.9. The maximum atomic E-state index is 13.1. The Labute approximate surface area is 124 Å². The number of isocyanates is 1. The Balaban J connectivity index is 2.65. The molecule has 1 aromatic carbocycles. The molecule has 0 aromatic heterocycles. The summed E-state index contributed by atoms with van der Waals surface area (Å²) in [5.74, 6) is -0.420. The molecule has 1 aromatic rings. The molecule has 2 rings (SSSR count). The lowest BCUT2D eigenvalue weighted by Crippen LogP contribution is -2.20. The van der Waals surface area contributed by atoms with E-state index in [2.05, 4.69) is 4.99 Å². The highest BCUT2D eigenvalue weighted by atomic mass is 35.5. The van der Waals surface area contributed by atoms with Crippen molar-refractivity contribution in [3.8, 4) is 5.75 Å². The van der Waals surface area contributed by atoms with Gasteiger partial charge in [-0.2, -0.15) is 18.2 Å². The Morgan fingerprint density at radius 2 is 1.95 bits per heavy atom. The van der Waals surface area contributed by atoms with E-state index in [0.29, 0.717) is 12.8 Å². The van der Waals surface area contributed by atoms with Gasteiger partial charge in [0.15, 0.2) is 0 Å². The van der Waals surface area contributed by atoms with Crippen LogP contribution in [0.3, 0.4) is 0 Å². The van der Waals surface area contributed by atoms with E-state index in [0.717, 1.165) is 26.0 Å². The van der Waals surface area contributed by atoms with Crippen LogP contribution in [0, 0.1) is 0 Å². The molecule has 114 valence electrons. The lowest BCUT2D eigenvalue weighted by molar-refractivity contribution is -0.138. The van der Waals surface area contributed by atoms with E-state index in [1.54, 1.807) is 0 Å². The quantitative estimate of drug-likeness (QED) is 0.609. The minimum absolute atomic E-state index is 0.144. The Kier molecular flexibility index (Phi) is 4.30. The van der Waals surface area contributed by atoms with Crippen LogP contribution < -0.4 is 4.74 Å². The fourth-order valence-corrected chi connectivity index (χ4v) is 3.09. The molecule has 0 spiro atoms. The second kappa shape index (κ2) is 5.70. The third kappa shape index (κ3) is 2.92. The number of methoxy groups -OCH3 is 1. The fourth-order valence-electron chi connectivity index (χ4n) is 2.79. The lowest BCUT2D eigenvalue weighted by atomic mass is 9.87. The molecule has 0 amide bonds. The molecule has 0 aliphatic heterocycles. The highest BCUT2D eigenvalue weighted by molar-refractivity contribution is 6.32. The molecule has 1 saturated carbocycles. The van der Waals surface area contributed by atoms with Crippen LogP contribution in [0.5, 0.6) is 5.75 Å². The largest absolute Gasteiger partial charge is 0.495 e. The molecule has 21 heavy (non-hydrogen) atoms. The Morgan fingerprint density at radius 1 is 1.33 bits per heavy atom. The van der Waals surface area contributed by atoms with Crippen molar-refractivity contribution in [3.63, 3.8) is 0 Å². The van der Waals surface area contributed by atoms with Crippen molar-refractivity contribution < 1.29 is 22.7 Å². The molecule has 0 unspecified atom stereocenters. The molecule has 3 nitrogen and oxygen atoms in total. The fraction of sp³-hybridized carbons (Fsp3) is 0.500. The van der Waals surface area contributed by atoms with E-state index in [-0.39, 0.29) is 10.6 Å². The van der Waals surface area contributed by atoms with Crippen LogP contribution in [0.25, 0.3) is 0 Å². The minimum Gasteiger partial charge on any atom is -0.495 e. The van der Waals surface area contributed by atoms with Crippen molar-refractivity contribution in [3.05, 3.63) is 28.3 Å². The predicted molar refractivity (Wildman–Crippen MR) is 71.3 cm³/mol. The van der Waals surface area contributed by atoms with Gasteiger partial charge in [0, 0.05) is 0 Å². The van der Waals surface area contributed by atoms with Gasteiger partial charge in [-0.1, -0.05) is 24.4 Å². The van der Waals surface area contributed by atoms with Crippen LogP contribution >= 0.6 is 11.6 Å². The second-order valence-corrected chi connectivity index (χ2v) is 5.39. The molecule has 0 N–H and O–H groups in total. The third-order valence-corrected chi connectivity index (χ3v) is 4.06. The van der Waals surface area contributed by atoms with E-state index in [4.69, 9.17) is 16.3 Å². The summed E-state index contributed by atoms with van der Waals surface area (Å²) in [5.41, 5.74) is -1.64. The van der Waals surface area contributed by atoms with Crippen LogP contribution in [-0.2, 0) is 16.5 Å². The summed E-state index contributed by atoms with van der Waals surface area (Å²) in [6, 6.07) is 2.36. The summed E-state index contributed by atoms with van der Waals surface area (Å²) in [6.07, 6.45) is -0.547. The van der Waals surface area contributed by atoms with Gasteiger partial charge in [0.2, 0.25) is 6.08 Å². The van der Waals surface area contributed by atoms with Gasteiger partial charge >= 0.3 is 6.18 Å². The van der Waals surface area contributed by atoms with E-state index in [1.165, 1.54) is 12.1 Å². The van der Waals surface area contributed by atoms with Crippen molar-refractivity contribution in [2.45, 2.75) is 37.4 Å². The first-order valence-electron chi connectivity index (χ1n) is 6.38. The second-order valence-electron chi connectivity index (χ2n) is 4.98. The van der Waals surface area contributed by atoms with Crippen LogP contribution in [0.15, 0.2) is 17.1 Å². The summed E-state index contributed by atoms with van der Waals surface area (Å²) >= 11 is 5.92. The topological polar surface area (TPSA) is 38.7 Å². The van der Waals surface area contributed by atoms with Gasteiger partial charge < -0.3 is 4.74 Å². The first-order valence-corrected chi connectivity index (χ1v) is 6.76. The van der Waals surface area contributed by atoms with E-state index in [9.17, 15) is 18.0 Å². The number of nitrogens with zero attached hydrogens (tertiary/aromatic N) is 1. The number of halogens is 4. The molecule has 0 atom stereocenters. The molecular weight excluding hydrogens is 307 g/mol. The zero-order chi connectivity index (χ0) is 15.7. The average molecular weight is 320 g/mol. The summed E-state index contributed by atoms with van der Waals surface area (Å²) in [4.78, 5) is 14.4. The van der Waals surface area contributed by atoms with Crippen LogP contribution in [0.1, 0.15) is 36.8 Å². The van der Waals surface area contributed by atoms with Crippen molar-refractivity contribution >= 4 is 17.7 Å². The zero-order valence-corrected chi connectivity index (χ0v) is 12.0. The van der Waals surface area contributed by atoms with Crippen molar-refractivity contribution in [2.75, 3.05) is 7.11 Å². The SMILES string of the molecule is COc1c(Cl)cc(C2(N=C=O)CCCC2)cc1C(F)(F)F.